The molecule has 0 saturated heterocycles. The summed E-state index contributed by atoms with van der Waals surface area (Å²) in [6.45, 7) is 4.14. The number of ether oxygens (including phenoxy) is 4. The minimum atomic E-state index is 0.0730. The van der Waals surface area contributed by atoms with Crippen molar-refractivity contribution in [3.05, 3.63) is 47.5 Å². The molecule has 1 unspecified atom stereocenters. The third kappa shape index (κ3) is 5.09. The van der Waals surface area contributed by atoms with Crippen LogP contribution in [0.5, 0.6) is 23.0 Å². The van der Waals surface area contributed by atoms with Crippen LogP contribution in [-0.4, -0.2) is 53.0 Å². The van der Waals surface area contributed by atoms with E-state index in [-0.39, 0.29) is 6.10 Å². The maximum absolute atomic E-state index is 5.98. The number of methoxy groups -OCH3 is 3. The maximum Gasteiger partial charge on any atom is 0.203 e. The SMILES string of the molecule is CCNC(=NCC1Cc2ccccc2O1)NCCc1ccc(OC)c(OC)c1OC. The molecule has 0 saturated carbocycles. The van der Waals surface area contributed by atoms with Crippen LogP contribution >= 0.6 is 0 Å². The van der Waals surface area contributed by atoms with E-state index in [9.17, 15) is 0 Å². The largest absolute Gasteiger partial charge is 0.493 e. The molecule has 0 aromatic heterocycles. The Bertz CT molecular complexity index is 845. The minimum absolute atomic E-state index is 0.0730. The summed E-state index contributed by atoms with van der Waals surface area (Å²) in [4.78, 5) is 4.71. The molecule has 0 aliphatic carbocycles. The summed E-state index contributed by atoms with van der Waals surface area (Å²) in [7, 11) is 4.87. The van der Waals surface area contributed by atoms with E-state index < -0.39 is 0 Å². The van der Waals surface area contributed by atoms with Gasteiger partial charge in [0.05, 0.1) is 27.9 Å². The molecule has 1 aliphatic rings. The van der Waals surface area contributed by atoms with Gasteiger partial charge in [0.1, 0.15) is 11.9 Å². The quantitative estimate of drug-likeness (QED) is 0.487. The summed E-state index contributed by atoms with van der Waals surface area (Å²) in [5, 5.41) is 6.68. The third-order valence-corrected chi connectivity index (χ3v) is 4.98. The van der Waals surface area contributed by atoms with Crippen LogP contribution in [0.1, 0.15) is 18.1 Å². The van der Waals surface area contributed by atoms with Crippen molar-refractivity contribution < 1.29 is 18.9 Å². The minimum Gasteiger partial charge on any atom is -0.493 e. The molecule has 30 heavy (non-hydrogen) atoms. The molecule has 2 aromatic rings. The van der Waals surface area contributed by atoms with Gasteiger partial charge in [0.2, 0.25) is 5.75 Å². The highest BCUT2D eigenvalue weighted by Gasteiger charge is 2.22. The van der Waals surface area contributed by atoms with E-state index in [1.165, 1.54) is 5.56 Å². The van der Waals surface area contributed by atoms with E-state index in [0.717, 1.165) is 36.7 Å². The second-order valence-electron chi connectivity index (χ2n) is 6.94. The highest BCUT2D eigenvalue weighted by atomic mass is 16.5. The van der Waals surface area contributed by atoms with Crippen molar-refractivity contribution in [1.82, 2.24) is 10.6 Å². The Labute approximate surface area is 178 Å². The van der Waals surface area contributed by atoms with Crippen molar-refractivity contribution in [1.29, 1.82) is 0 Å². The Hall–Kier alpha value is -3.09. The van der Waals surface area contributed by atoms with E-state index >= 15 is 0 Å². The molecule has 1 atom stereocenters. The first-order valence-corrected chi connectivity index (χ1v) is 10.2. The van der Waals surface area contributed by atoms with Crippen molar-refractivity contribution in [2.24, 2.45) is 4.99 Å². The van der Waals surface area contributed by atoms with E-state index in [1.54, 1.807) is 21.3 Å². The molecule has 7 nitrogen and oxygen atoms in total. The summed E-state index contributed by atoms with van der Waals surface area (Å²) < 4.78 is 22.4. The fourth-order valence-electron chi connectivity index (χ4n) is 3.57. The van der Waals surface area contributed by atoms with Gasteiger partial charge in [0.25, 0.3) is 0 Å². The van der Waals surface area contributed by atoms with Gasteiger partial charge in [0, 0.05) is 25.1 Å². The van der Waals surface area contributed by atoms with Crippen LogP contribution in [-0.2, 0) is 12.8 Å². The topological polar surface area (TPSA) is 73.3 Å². The summed E-state index contributed by atoms with van der Waals surface area (Å²) >= 11 is 0. The molecule has 3 rings (SSSR count). The standard InChI is InChI=1S/C23H31N3O4/c1-5-24-23(26-15-18-14-17-8-6-7-9-19(17)30-18)25-13-12-16-10-11-20(27-2)22(29-4)21(16)28-3/h6-11,18H,5,12-15H2,1-4H3,(H2,24,25,26). The van der Waals surface area contributed by atoms with Crippen molar-refractivity contribution in [2.45, 2.75) is 25.9 Å². The second-order valence-corrected chi connectivity index (χ2v) is 6.94. The van der Waals surface area contributed by atoms with Gasteiger partial charge in [-0.2, -0.15) is 0 Å². The molecule has 0 bridgehead atoms. The number of hydrogen-bond donors (Lipinski definition) is 2. The number of nitrogens with one attached hydrogen (secondary N) is 2. The Kier molecular flexibility index (Phi) is 7.65. The monoisotopic (exact) mass is 413 g/mol. The van der Waals surface area contributed by atoms with Crippen molar-refractivity contribution in [2.75, 3.05) is 41.0 Å². The van der Waals surface area contributed by atoms with Crippen LogP contribution in [0.25, 0.3) is 0 Å². The number of hydrogen-bond acceptors (Lipinski definition) is 5. The van der Waals surface area contributed by atoms with Gasteiger partial charge in [0.15, 0.2) is 17.5 Å². The third-order valence-electron chi connectivity index (χ3n) is 4.98. The van der Waals surface area contributed by atoms with Gasteiger partial charge < -0.3 is 29.6 Å². The van der Waals surface area contributed by atoms with Gasteiger partial charge >= 0.3 is 0 Å². The smallest absolute Gasteiger partial charge is 0.203 e. The Balaban J connectivity index is 1.58. The lowest BCUT2D eigenvalue weighted by Gasteiger charge is -2.17. The molecule has 7 heteroatoms. The molecule has 2 aromatic carbocycles. The number of aliphatic imine (C=N–C) groups is 1. The number of benzene rings is 2. The molecule has 1 heterocycles. The lowest BCUT2D eigenvalue weighted by molar-refractivity contribution is 0.241. The molecule has 2 N–H and O–H groups in total. The van der Waals surface area contributed by atoms with Crippen molar-refractivity contribution in [3.8, 4) is 23.0 Å². The molecule has 0 radical (unpaired) electrons. The van der Waals surface area contributed by atoms with Crippen LogP contribution in [0.3, 0.4) is 0 Å². The van der Waals surface area contributed by atoms with Crippen molar-refractivity contribution >= 4 is 5.96 Å². The highest BCUT2D eigenvalue weighted by molar-refractivity contribution is 5.79. The molecule has 0 fully saturated rings. The zero-order valence-electron chi connectivity index (χ0n) is 18.2. The summed E-state index contributed by atoms with van der Waals surface area (Å²) in [6, 6.07) is 12.1. The van der Waals surface area contributed by atoms with Gasteiger partial charge in [-0.25, -0.2) is 4.99 Å². The summed E-state index contributed by atoms with van der Waals surface area (Å²) in [5.41, 5.74) is 2.28. The number of guanidine groups is 1. The molecule has 1 aliphatic heterocycles. The summed E-state index contributed by atoms with van der Waals surface area (Å²) in [5.74, 6) is 3.69. The van der Waals surface area contributed by atoms with E-state index in [2.05, 4.69) is 23.6 Å². The van der Waals surface area contributed by atoms with Gasteiger partial charge in [-0.3, -0.25) is 0 Å². The maximum atomic E-state index is 5.98. The first-order chi connectivity index (χ1) is 14.7. The number of rotatable bonds is 9. The van der Waals surface area contributed by atoms with Gasteiger partial charge in [-0.1, -0.05) is 24.3 Å². The van der Waals surface area contributed by atoms with Crippen LogP contribution in [0, 0.1) is 0 Å². The normalized spacial score (nSPS) is 15.2. The zero-order chi connectivity index (χ0) is 21.3. The summed E-state index contributed by atoms with van der Waals surface area (Å²) in [6.07, 6.45) is 1.71. The number of fused-ring (bicyclic) bond motifs is 1. The van der Waals surface area contributed by atoms with Gasteiger partial charge in [-0.05, 0) is 31.0 Å². The average molecular weight is 414 g/mol. The highest BCUT2D eigenvalue weighted by Crippen LogP contribution is 2.39. The van der Waals surface area contributed by atoms with Crippen LogP contribution < -0.4 is 29.6 Å². The Morgan fingerprint density at radius 2 is 1.83 bits per heavy atom. The van der Waals surface area contributed by atoms with E-state index in [0.29, 0.717) is 30.3 Å². The fourth-order valence-corrected chi connectivity index (χ4v) is 3.57. The lowest BCUT2D eigenvalue weighted by Crippen LogP contribution is -2.39. The van der Waals surface area contributed by atoms with E-state index in [4.69, 9.17) is 23.9 Å². The first-order valence-electron chi connectivity index (χ1n) is 10.2. The Morgan fingerprint density at radius 1 is 1.03 bits per heavy atom. The van der Waals surface area contributed by atoms with Gasteiger partial charge in [-0.15, -0.1) is 0 Å². The Morgan fingerprint density at radius 3 is 2.53 bits per heavy atom. The van der Waals surface area contributed by atoms with Crippen LogP contribution in [0.2, 0.25) is 0 Å². The lowest BCUT2D eigenvalue weighted by atomic mass is 10.1. The fraction of sp³-hybridized carbons (Fsp3) is 0.435. The van der Waals surface area contributed by atoms with Crippen LogP contribution in [0.15, 0.2) is 41.4 Å². The zero-order valence-corrected chi connectivity index (χ0v) is 18.2. The van der Waals surface area contributed by atoms with Crippen molar-refractivity contribution in [3.63, 3.8) is 0 Å². The number of nitrogens with zero attached hydrogens (tertiary/aromatic N) is 1. The molecular formula is C23H31N3O4. The number of para-hydroxylation sites is 1. The second kappa shape index (κ2) is 10.6. The van der Waals surface area contributed by atoms with E-state index in [1.807, 2.05) is 30.3 Å². The molecular weight excluding hydrogens is 382 g/mol. The molecule has 0 amide bonds. The predicted octanol–water partition coefficient (Wildman–Crippen LogP) is 2.81. The molecule has 0 spiro atoms. The first kappa shape index (κ1) is 21.6. The molecule has 162 valence electrons. The average Bonchev–Trinajstić information content (AvgIpc) is 3.19. The van der Waals surface area contributed by atoms with Crippen LogP contribution in [0.4, 0.5) is 0 Å². The predicted molar refractivity (Wildman–Crippen MR) is 118 cm³/mol.